The number of hydrogen-bond donors (Lipinski definition) is 2. The van der Waals surface area contributed by atoms with Crippen LogP contribution in [-0.4, -0.2) is 37.6 Å². The van der Waals surface area contributed by atoms with Gasteiger partial charge in [-0.25, -0.2) is 8.42 Å². The van der Waals surface area contributed by atoms with E-state index in [0.717, 1.165) is 4.90 Å². The van der Waals surface area contributed by atoms with Crippen molar-refractivity contribution in [3.05, 3.63) is 23.2 Å². The van der Waals surface area contributed by atoms with Gasteiger partial charge in [0.2, 0.25) is 5.91 Å². The van der Waals surface area contributed by atoms with Crippen molar-refractivity contribution in [2.75, 3.05) is 23.0 Å². The summed E-state index contributed by atoms with van der Waals surface area (Å²) in [4.78, 5) is 12.5. The van der Waals surface area contributed by atoms with E-state index in [4.69, 9.17) is 17.3 Å². The van der Waals surface area contributed by atoms with Crippen LogP contribution in [0.15, 0.2) is 23.1 Å². The maximum Gasteiger partial charge on any atom is 0.230 e. The molecule has 1 aromatic rings. The zero-order chi connectivity index (χ0) is 14.8. The molecule has 0 aliphatic carbocycles. The zero-order valence-electron chi connectivity index (χ0n) is 10.6. The summed E-state index contributed by atoms with van der Waals surface area (Å²) in [6, 6.07) is 4.81. The van der Waals surface area contributed by atoms with Crippen molar-refractivity contribution >= 4 is 44.8 Å². The quantitative estimate of drug-likeness (QED) is 0.640. The standard InChI is InChI=1S/C12H15ClN2O3S2/c13-10-2-1-8(14)5-11(10)19-6-12(16)15-9-3-4-20(17,18)7-9/h1-2,5,9H,3-4,6-7,14H2,(H,15,16). The lowest BCUT2D eigenvalue weighted by Crippen LogP contribution is -2.36. The second-order valence-electron chi connectivity index (χ2n) is 4.65. The van der Waals surface area contributed by atoms with Gasteiger partial charge in [-0.1, -0.05) is 11.6 Å². The SMILES string of the molecule is Nc1ccc(Cl)c(SCC(=O)NC2CCS(=O)(=O)C2)c1. The van der Waals surface area contributed by atoms with Crippen molar-refractivity contribution in [2.45, 2.75) is 17.4 Å². The third kappa shape index (κ3) is 4.29. The number of nitrogens with one attached hydrogen (secondary N) is 1. The minimum absolute atomic E-state index is 0.0302. The number of anilines is 1. The van der Waals surface area contributed by atoms with Gasteiger partial charge in [0, 0.05) is 16.6 Å². The van der Waals surface area contributed by atoms with Crippen LogP contribution in [-0.2, 0) is 14.6 Å². The molecule has 8 heteroatoms. The number of amides is 1. The first kappa shape index (κ1) is 15.5. The predicted octanol–water partition coefficient (Wildman–Crippen LogP) is 1.32. The molecule has 0 aromatic heterocycles. The second kappa shape index (κ2) is 6.24. The van der Waals surface area contributed by atoms with E-state index in [2.05, 4.69) is 5.32 Å². The normalized spacial score (nSPS) is 20.8. The van der Waals surface area contributed by atoms with E-state index in [-0.39, 0.29) is 29.2 Å². The average Bonchev–Trinajstić information content (AvgIpc) is 2.70. The molecule has 1 aliphatic heterocycles. The summed E-state index contributed by atoms with van der Waals surface area (Å²) in [6.45, 7) is 0. The molecule has 1 unspecified atom stereocenters. The number of nitrogens with two attached hydrogens (primary N) is 1. The Balaban J connectivity index is 1.85. The van der Waals surface area contributed by atoms with E-state index in [1.807, 2.05) is 0 Å². The molecule has 5 nitrogen and oxygen atoms in total. The molecule has 1 fully saturated rings. The maximum absolute atomic E-state index is 11.8. The Morgan fingerprint density at radius 3 is 2.90 bits per heavy atom. The van der Waals surface area contributed by atoms with Crippen LogP contribution in [0.4, 0.5) is 5.69 Å². The van der Waals surface area contributed by atoms with Gasteiger partial charge in [-0.15, -0.1) is 11.8 Å². The monoisotopic (exact) mass is 334 g/mol. The summed E-state index contributed by atoms with van der Waals surface area (Å²) in [5.74, 6) is 0.157. The van der Waals surface area contributed by atoms with Crippen molar-refractivity contribution in [3.63, 3.8) is 0 Å². The minimum Gasteiger partial charge on any atom is -0.399 e. The van der Waals surface area contributed by atoms with Gasteiger partial charge in [0.25, 0.3) is 0 Å². The molecular weight excluding hydrogens is 320 g/mol. The van der Waals surface area contributed by atoms with Gasteiger partial charge in [-0.3, -0.25) is 4.79 Å². The molecule has 1 aromatic carbocycles. The topological polar surface area (TPSA) is 89.3 Å². The van der Waals surface area contributed by atoms with Crippen molar-refractivity contribution in [1.82, 2.24) is 5.32 Å². The first-order chi connectivity index (χ1) is 9.35. The largest absolute Gasteiger partial charge is 0.399 e. The van der Waals surface area contributed by atoms with Crippen molar-refractivity contribution < 1.29 is 13.2 Å². The number of carbonyl (C=O) groups excluding carboxylic acids is 1. The second-order valence-corrected chi connectivity index (χ2v) is 8.30. The molecule has 0 bridgehead atoms. The highest BCUT2D eigenvalue weighted by Crippen LogP contribution is 2.28. The average molecular weight is 335 g/mol. The number of hydrogen-bond acceptors (Lipinski definition) is 5. The molecule has 1 atom stereocenters. The lowest BCUT2D eigenvalue weighted by atomic mass is 10.3. The van der Waals surface area contributed by atoms with E-state index in [1.54, 1.807) is 18.2 Å². The molecule has 1 saturated heterocycles. The van der Waals surface area contributed by atoms with Crippen molar-refractivity contribution in [3.8, 4) is 0 Å². The van der Waals surface area contributed by atoms with Crippen LogP contribution in [0, 0.1) is 0 Å². The zero-order valence-corrected chi connectivity index (χ0v) is 13.0. The van der Waals surface area contributed by atoms with E-state index in [0.29, 0.717) is 17.1 Å². The van der Waals surface area contributed by atoms with Crippen LogP contribution in [0.2, 0.25) is 5.02 Å². The van der Waals surface area contributed by atoms with Gasteiger partial charge < -0.3 is 11.1 Å². The summed E-state index contributed by atoms with van der Waals surface area (Å²) in [5.41, 5.74) is 6.24. The summed E-state index contributed by atoms with van der Waals surface area (Å²) >= 11 is 7.28. The molecule has 20 heavy (non-hydrogen) atoms. The molecular formula is C12H15ClN2O3S2. The number of carbonyl (C=O) groups is 1. The van der Waals surface area contributed by atoms with E-state index in [9.17, 15) is 13.2 Å². The molecule has 1 amide bonds. The molecule has 1 heterocycles. The Morgan fingerprint density at radius 2 is 2.25 bits per heavy atom. The van der Waals surface area contributed by atoms with Crippen molar-refractivity contribution in [2.24, 2.45) is 0 Å². The van der Waals surface area contributed by atoms with Gasteiger partial charge in [0.05, 0.1) is 22.3 Å². The van der Waals surface area contributed by atoms with Crippen LogP contribution in [0.3, 0.4) is 0 Å². The highest BCUT2D eigenvalue weighted by atomic mass is 35.5. The summed E-state index contributed by atoms with van der Waals surface area (Å²) in [7, 11) is -2.98. The number of halogens is 1. The van der Waals surface area contributed by atoms with Crippen LogP contribution in [0.5, 0.6) is 0 Å². The fourth-order valence-electron chi connectivity index (χ4n) is 1.95. The lowest BCUT2D eigenvalue weighted by Gasteiger charge is -2.11. The first-order valence-corrected chi connectivity index (χ1v) is 9.22. The van der Waals surface area contributed by atoms with Crippen molar-refractivity contribution in [1.29, 1.82) is 0 Å². The molecule has 2 rings (SSSR count). The molecule has 3 N–H and O–H groups in total. The van der Waals surface area contributed by atoms with E-state index >= 15 is 0 Å². The Labute approximate surface area is 127 Å². The van der Waals surface area contributed by atoms with Gasteiger partial charge in [0.1, 0.15) is 0 Å². The highest BCUT2D eigenvalue weighted by molar-refractivity contribution is 8.00. The Hall–Kier alpha value is -0.920. The number of nitrogen functional groups attached to an aromatic ring is 1. The van der Waals surface area contributed by atoms with Crippen LogP contribution >= 0.6 is 23.4 Å². The van der Waals surface area contributed by atoms with Gasteiger partial charge in [0.15, 0.2) is 9.84 Å². The molecule has 0 spiro atoms. The minimum atomic E-state index is -2.98. The highest BCUT2D eigenvalue weighted by Gasteiger charge is 2.28. The first-order valence-electron chi connectivity index (χ1n) is 6.03. The van der Waals surface area contributed by atoms with E-state index < -0.39 is 9.84 Å². The molecule has 0 saturated carbocycles. The predicted molar refractivity (Wildman–Crippen MR) is 81.8 cm³/mol. The van der Waals surface area contributed by atoms with E-state index in [1.165, 1.54) is 11.8 Å². The third-order valence-electron chi connectivity index (χ3n) is 2.91. The Bertz CT molecular complexity index is 619. The smallest absolute Gasteiger partial charge is 0.230 e. The number of thioether (sulfide) groups is 1. The fourth-order valence-corrected chi connectivity index (χ4v) is 4.70. The fraction of sp³-hybridized carbons (Fsp3) is 0.417. The van der Waals surface area contributed by atoms with Gasteiger partial charge in [-0.05, 0) is 24.6 Å². The number of rotatable bonds is 4. The lowest BCUT2D eigenvalue weighted by molar-refractivity contribution is -0.119. The Kier molecular flexibility index (Phi) is 4.82. The third-order valence-corrected chi connectivity index (χ3v) is 6.18. The summed E-state index contributed by atoms with van der Waals surface area (Å²) < 4.78 is 22.6. The van der Waals surface area contributed by atoms with Crippen LogP contribution < -0.4 is 11.1 Å². The summed E-state index contributed by atoms with van der Waals surface area (Å²) in [6.07, 6.45) is 0.484. The number of sulfone groups is 1. The number of benzene rings is 1. The van der Waals surface area contributed by atoms with Gasteiger partial charge >= 0.3 is 0 Å². The Morgan fingerprint density at radius 1 is 1.50 bits per heavy atom. The summed E-state index contributed by atoms with van der Waals surface area (Å²) in [5, 5.41) is 3.27. The maximum atomic E-state index is 11.8. The van der Waals surface area contributed by atoms with Gasteiger partial charge in [-0.2, -0.15) is 0 Å². The molecule has 1 aliphatic rings. The molecule has 0 radical (unpaired) electrons. The van der Waals surface area contributed by atoms with Crippen LogP contribution in [0.1, 0.15) is 6.42 Å². The van der Waals surface area contributed by atoms with Crippen LogP contribution in [0.25, 0.3) is 0 Å². The molecule has 110 valence electrons.